The standard InChI is InChI=1S/C13H26O3/c1-2-3-6-9-12(14)10-7-4-5-8-11-13(15)16/h12,14H,2-11H2,1H3,(H,15,16). The predicted molar refractivity (Wildman–Crippen MR) is 65.5 cm³/mol. The number of hydrogen-bond donors (Lipinski definition) is 2. The summed E-state index contributed by atoms with van der Waals surface area (Å²) in [4.78, 5) is 10.2. The Bertz CT molecular complexity index is 169. The highest BCUT2D eigenvalue weighted by molar-refractivity contribution is 5.66. The highest BCUT2D eigenvalue weighted by atomic mass is 16.4. The minimum Gasteiger partial charge on any atom is -0.481 e. The van der Waals surface area contributed by atoms with Gasteiger partial charge in [-0.05, 0) is 19.3 Å². The summed E-state index contributed by atoms with van der Waals surface area (Å²) >= 11 is 0. The minimum absolute atomic E-state index is 0.147. The third kappa shape index (κ3) is 11.5. The summed E-state index contributed by atoms with van der Waals surface area (Å²) in [5.74, 6) is -0.709. The molecule has 0 saturated heterocycles. The first-order chi connectivity index (χ1) is 7.66. The molecule has 0 spiro atoms. The fourth-order valence-electron chi connectivity index (χ4n) is 1.78. The molecule has 0 aromatic heterocycles. The predicted octanol–water partition coefficient (Wildman–Crippen LogP) is 3.35. The first-order valence-corrected chi connectivity index (χ1v) is 6.56. The van der Waals surface area contributed by atoms with Crippen LogP contribution < -0.4 is 0 Å². The number of rotatable bonds is 11. The highest BCUT2D eigenvalue weighted by Gasteiger charge is 2.03. The summed E-state index contributed by atoms with van der Waals surface area (Å²) < 4.78 is 0. The van der Waals surface area contributed by atoms with E-state index in [4.69, 9.17) is 5.11 Å². The Morgan fingerprint density at radius 3 is 2.12 bits per heavy atom. The van der Waals surface area contributed by atoms with Gasteiger partial charge in [-0.3, -0.25) is 4.79 Å². The van der Waals surface area contributed by atoms with Gasteiger partial charge < -0.3 is 10.2 Å². The second-order valence-corrected chi connectivity index (χ2v) is 4.50. The molecule has 96 valence electrons. The number of carboxylic acid groups (broad SMARTS) is 1. The zero-order chi connectivity index (χ0) is 12.2. The van der Waals surface area contributed by atoms with Crippen LogP contribution in [0, 0.1) is 0 Å². The number of hydrogen-bond acceptors (Lipinski definition) is 2. The van der Waals surface area contributed by atoms with Gasteiger partial charge in [0.2, 0.25) is 0 Å². The van der Waals surface area contributed by atoms with E-state index in [-0.39, 0.29) is 12.5 Å². The summed E-state index contributed by atoms with van der Waals surface area (Å²) in [5, 5.41) is 18.1. The zero-order valence-corrected chi connectivity index (χ0v) is 10.5. The van der Waals surface area contributed by atoms with Gasteiger partial charge in [-0.25, -0.2) is 0 Å². The van der Waals surface area contributed by atoms with Crippen molar-refractivity contribution in [3.05, 3.63) is 0 Å². The molecule has 3 nitrogen and oxygen atoms in total. The van der Waals surface area contributed by atoms with E-state index in [1.54, 1.807) is 0 Å². The first kappa shape index (κ1) is 15.4. The molecule has 1 atom stereocenters. The summed E-state index contributed by atoms with van der Waals surface area (Å²) in [6.45, 7) is 2.16. The maximum Gasteiger partial charge on any atom is 0.303 e. The van der Waals surface area contributed by atoms with Crippen LogP contribution in [0.15, 0.2) is 0 Å². The summed E-state index contributed by atoms with van der Waals surface area (Å²) in [6, 6.07) is 0. The van der Waals surface area contributed by atoms with E-state index in [0.29, 0.717) is 0 Å². The average molecular weight is 230 g/mol. The fourth-order valence-corrected chi connectivity index (χ4v) is 1.78. The number of carboxylic acids is 1. The van der Waals surface area contributed by atoms with Crippen molar-refractivity contribution in [2.24, 2.45) is 0 Å². The van der Waals surface area contributed by atoms with Crippen molar-refractivity contribution in [3.63, 3.8) is 0 Å². The van der Waals surface area contributed by atoms with Gasteiger partial charge in [0.25, 0.3) is 0 Å². The van der Waals surface area contributed by atoms with Gasteiger partial charge in [0, 0.05) is 6.42 Å². The van der Waals surface area contributed by atoms with Crippen LogP contribution in [0.1, 0.15) is 71.1 Å². The summed E-state index contributed by atoms with van der Waals surface area (Å²) in [7, 11) is 0. The molecular weight excluding hydrogens is 204 g/mol. The maximum absolute atomic E-state index is 10.2. The molecule has 2 N–H and O–H groups in total. The van der Waals surface area contributed by atoms with Gasteiger partial charge in [0.05, 0.1) is 6.10 Å². The van der Waals surface area contributed by atoms with Crippen molar-refractivity contribution in [1.29, 1.82) is 0 Å². The third-order valence-corrected chi connectivity index (χ3v) is 2.82. The molecule has 0 radical (unpaired) electrons. The topological polar surface area (TPSA) is 57.5 Å². The second kappa shape index (κ2) is 10.9. The molecule has 0 heterocycles. The van der Waals surface area contributed by atoms with Gasteiger partial charge >= 0.3 is 5.97 Å². The van der Waals surface area contributed by atoms with Crippen LogP contribution in [-0.4, -0.2) is 22.3 Å². The van der Waals surface area contributed by atoms with Crippen LogP contribution in [0.4, 0.5) is 0 Å². The average Bonchev–Trinajstić information content (AvgIpc) is 2.23. The van der Waals surface area contributed by atoms with Gasteiger partial charge in [-0.2, -0.15) is 0 Å². The number of aliphatic hydroxyl groups excluding tert-OH is 1. The number of carbonyl (C=O) groups is 1. The molecule has 1 unspecified atom stereocenters. The minimum atomic E-state index is -0.709. The third-order valence-electron chi connectivity index (χ3n) is 2.82. The van der Waals surface area contributed by atoms with E-state index >= 15 is 0 Å². The lowest BCUT2D eigenvalue weighted by Gasteiger charge is -2.09. The van der Waals surface area contributed by atoms with Crippen LogP contribution in [0.3, 0.4) is 0 Å². The molecule has 0 aliphatic heterocycles. The van der Waals surface area contributed by atoms with E-state index in [9.17, 15) is 9.90 Å². The smallest absolute Gasteiger partial charge is 0.303 e. The molecular formula is C13H26O3. The Balaban J connectivity index is 3.14. The van der Waals surface area contributed by atoms with Crippen LogP contribution >= 0.6 is 0 Å². The first-order valence-electron chi connectivity index (χ1n) is 6.56. The Hall–Kier alpha value is -0.570. The van der Waals surface area contributed by atoms with Gasteiger partial charge in [-0.15, -0.1) is 0 Å². The molecule has 0 aliphatic carbocycles. The molecule has 0 rings (SSSR count). The van der Waals surface area contributed by atoms with Crippen LogP contribution in [0.5, 0.6) is 0 Å². The van der Waals surface area contributed by atoms with E-state index in [1.807, 2.05) is 0 Å². The fraction of sp³-hybridized carbons (Fsp3) is 0.923. The Labute approximate surface area is 98.9 Å². The van der Waals surface area contributed by atoms with Gasteiger partial charge in [0.15, 0.2) is 0 Å². The molecule has 0 saturated carbocycles. The van der Waals surface area contributed by atoms with E-state index < -0.39 is 5.97 Å². The maximum atomic E-state index is 10.2. The van der Waals surface area contributed by atoms with E-state index in [0.717, 1.165) is 44.9 Å². The van der Waals surface area contributed by atoms with Gasteiger partial charge in [0.1, 0.15) is 0 Å². The monoisotopic (exact) mass is 230 g/mol. The molecule has 3 heteroatoms. The van der Waals surface area contributed by atoms with Crippen molar-refractivity contribution >= 4 is 5.97 Å². The molecule has 0 fully saturated rings. The lowest BCUT2D eigenvalue weighted by Crippen LogP contribution is -2.05. The number of unbranched alkanes of at least 4 members (excludes halogenated alkanes) is 5. The lowest BCUT2D eigenvalue weighted by atomic mass is 10.0. The zero-order valence-electron chi connectivity index (χ0n) is 10.5. The van der Waals surface area contributed by atoms with Crippen molar-refractivity contribution < 1.29 is 15.0 Å². The van der Waals surface area contributed by atoms with Crippen molar-refractivity contribution in [2.75, 3.05) is 0 Å². The van der Waals surface area contributed by atoms with Crippen LogP contribution in [-0.2, 0) is 4.79 Å². The van der Waals surface area contributed by atoms with Crippen LogP contribution in [0.2, 0.25) is 0 Å². The Kier molecular flexibility index (Phi) is 10.5. The summed E-state index contributed by atoms with van der Waals surface area (Å²) in [5.41, 5.74) is 0. The van der Waals surface area contributed by atoms with Crippen molar-refractivity contribution in [1.82, 2.24) is 0 Å². The van der Waals surface area contributed by atoms with Gasteiger partial charge in [-0.1, -0.05) is 45.4 Å². The molecule has 0 amide bonds. The number of aliphatic hydroxyl groups is 1. The molecule has 0 bridgehead atoms. The van der Waals surface area contributed by atoms with E-state index in [2.05, 4.69) is 6.92 Å². The van der Waals surface area contributed by atoms with Crippen molar-refractivity contribution in [3.8, 4) is 0 Å². The molecule has 16 heavy (non-hydrogen) atoms. The molecule has 0 aromatic carbocycles. The Morgan fingerprint density at radius 1 is 1.00 bits per heavy atom. The van der Waals surface area contributed by atoms with Crippen LogP contribution in [0.25, 0.3) is 0 Å². The second-order valence-electron chi connectivity index (χ2n) is 4.50. The Morgan fingerprint density at radius 2 is 1.56 bits per heavy atom. The number of aliphatic carboxylic acids is 1. The van der Waals surface area contributed by atoms with E-state index in [1.165, 1.54) is 12.8 Å². The summed E-state index contributed by atoms with van der Waals surface area (Å²) in [6.07, 6.45) is 9.24. The normalized spacial score (nSPS) is 12.6. The molecule has 0 aromatic rings. The lowest BCUT2D eigenvalue weighted by molar-refractivity contribution is -0.137. The molecule has 0 aliphatic rings. The van der Waals surface area contributed by atoms with Crippen molar-refractivity contribution in [2.45, 2.75) is 77.2 Å². The highest BCUT2D eigenvalue weighted by Crippen LogP contribution is 2.11. The largest absolute Gasteiger partial charge is 0.481 e. The SMILES string of the molecule is CCCCCC(O)CCCCCCC(=O)O. The quantitative estimate of drug-likeness (QED) is 0.535.